The molecular weight excluding hydrogens is 322 g/mol. The Labute approximate surface area is 120 Å². The van der Waals surface area contributed by atoms with Crippen LogP contribution in [-0.2, 0) is 20.0 Å². The van der Waals surface area contributed by atoms with Gasteiger partial charge in [0.1, 0.15) is 4.90 Å². The second kappa shape index (κ2) is 5.13. The third-order valence-electron chi connectivity index (χ3n) is 2.30. The minimum Gasteiger partial charge on any atom is -0.278 e. The number of hydrogen-bond donors (Lipinski definition) is 2. The topological polar surface area (TPSA) is 119 Å². The van der Waals surface area contributed by atoms with Crippen molar-refractivity contribution in [2.45, 2.75) is 16.0 Å². The lowest BCUT2D eigenvalue weighted by molar-refractivity contribution is 0.598. The summed E-state index contributed by atoms with van der Waals surface area (Å²) in [6.07, 6.45) is 1.21. The van der Waals surface area contributed by atoms with Crippen LogP contribution in [0, 0.1) is 6.92 Å². The van der Waals surface area contributed by atoms with Crippen LogP contribution in [0.15, 0.2) is 39.6 Å². The molecule has 0 aliphatic carbocycles. The molecule has 0 fully saturated rings. The molecule has 0 aliphatic heterocycles. The largest absolute Gasteiger partial charge is 0.278 e. The average molecular weight is 333 g/mol. The van der Waals surface area contributed by atoms with Gasteiger partial charge in [0.25, 0.3) is 10.0 Å². The van der Waals surface area contributed by atoms with Crippen molar-refractivity contribution < 1.29 is 16.8 Å². The molecule has 1 heterocycles. The van der Waals surface area contributed by atoms with Crippen molar-refractivity contribution in [2.24, 2.45) is 5.14 Å². The van der Waals surface area contributed by atoms with Gasteiger partial charge in [0.2, 0.25) is 10.0 Å². The van der Waals surface area contributed by atoms with Gasteiger partial charge in [-0.2, -0.15) is 0 Å². The first-order valence-corrected chi connectivity index (χ1v) is 9.12. The summed E-state index contributed by atoms with van der Waals surface area (Å²) < 4.78 is 49.3. The molecule has 1 aromatic heterocycles. The minimum absolute atomic E-state index is 0.000720. The summed E-state index contributed by atoms with van der Waals surface area (Å²) >= 11 is 0.985. The highest BCUT2D eigenvalue weighted by Crippen LogP contribution is 2.25. The molecule has 0 radical (unpaired) electrons. The zero-order valence-electron chi connectivity index (χ0n) is 10.3. The molecule has 3 N–H and O–H groups in total. The summed E-state index contributed by atoms with van der Waals surface area (Å²) in [7, 11) is -7.91. The van der Waals surface area contributed by atoms with Crippen molar-refractivity contribution in [1.82, 2.24) is 4.98 Å². The molecule has 20 heavy (non-hydrogen) atoms. The number of sulfonamides is 2. The van der Waals surface area contributed by atoms with E-state index in [-0.39, 0.29) is 14.8 Å². The number of aromatic nitrogens is 1. The van der Waals surface area contributed by atoms with Gasteiger partial charge in [-0.1, -0.05) is 12.1 Å². The van der Waals surface area contributed by atoms with Crippen molar-refractivity contribution >= 4 is 37.1 Å². The average Bonchev–Trinajstić information content (AvgIpc) is 2.75. The van der Waals surface area contributed by atoms with Crippen LogP contribution in [0.5, 0.6) is 0 Å². The van der Waals surface area contributed by atoms with Crippen molar-refractivity contribution in [2.75, 3.05) is 4.72 Å². The second-order valence-electron chi connectivity index (χ2n) is 3.84. The SMILES string of the molecule is Cc1ncc(S(=O)(=O)Nc2ccccc2S(N)(=O)=O)s1. The molecule has 0 saturated heterocycles. The van der Waals surface area contributed by atoms with Gasteiger partial charge in [0.15, 0.2) is 4.21 Å². The van der Waals surface area contributed by atoms with E-state index in [1.54, 1.807) is 6.92 Å². The molecule has 7 nitrogen and oxygen atoms in total. The smallest absolute Gasteiger partial charge is 0.273 e. The van der Waals surface area contributed by atoms with Crippen molar-refractivity contribution in [1.29, 1.82) is 0 Å². The summed E-state index contributed by atoms with van der Waals surface area (Å²) in [5.41, 5.74) is -0.0962. The fraction of sp³-hybridized carbons (Fsp3) is 0.100. The van der Waals surface area contributed by atoms with Crippen molar-refractivity contribution in [3.63, 3.8) is 0 Å². The number of para-hydroxylation sites is 1. The van der Waals surface area contributed by atoms with E-state index >= 15 is 0 Å². The van der Waals surface area contributed by atoms with E-state index < -0.39 is 20.0 Å². The van der Waals surface area contributed by atoms with Gasteiger partial charge in [-0.05, 0) is 19.1 Å². The van der Waals surface area contributed by atoms with Gasteiger partial charge >= 0.3 is 0 Å². The number of primary sulfonamides is 1. The van der Waals surface area contributed by atoms with Gasteiger partial charge in [-0.3, -0.25) is 4.72 Å². The van der Waals surface area contributed by atoms with Crippen LogP contribution in [0.4, 0.5) is 5.69 Å². The van der Waals surface area contributed by atoms with Crippen LogP contribution in [0.25, 0.3) is 0 Å². The minimum atomic E-state index is -4.02. The maximum Gasteiger partial charge on any atom is 0.273 e. The van der Waals surface area contributed by atoms with E-state index in [2.05, 4.69) is 9.71 Å². The molecule has 2 rings (SSSR count). The van der Waals surface area contributed by atoms with Gasteiger partial charge in [-0.25, -0.2) is 27.0 Å². The number of thiazole rings is 1. The number of nitrogens with two attached hydrogens (primary N) is 1. The quantitative estimate of drug-likeness (QED) is 0.861. The first kappa shape index (κ1) is 14.9. The second-order valence-corrected chi connectivity index (χ2v) is 8.52. The number of rotatable bonds is 4. The number of anilines is 1. The molecule has 0 bridgehead atoms. The number of nitrogens with zero attached hydrogens (tertiary/aromatic N) is 1. The van der Waals surface area contributed by atoms with Gasteiger partial charge in [-0.15, -0.1) is 11.3 Å². The van der Waals surface area contributed by atoms with Gasteiger partial charge < -0.3 is 0 Å². The van der Waals surface area contributed by atoms with E-state index in [9.17, 15) is 16.8 Å². The molecule has 0 aliphatic rings. The monoisotopic (exact) mass is 333 g/mol. The van der Waals surface area contributed by atoms with Crippen molar-refractivity contribution in [3.05, 3.63) is 35.5 Å². The van der Waals surface area contributed by atoms with Crippen LogP contribution in [0.3, 0.4) is 0 Å². The Morgan fingerprint density at radius 3 is 2.40 bits per heavy atom. The van der Waals surface area contributed by atoms with Crippen LogP contribution >= 0.6 is 11.3 Å². The van der Waals surface area contributed by atoms with Crippen LogP contribution < -0.4 is 9.86 Å². The third-order valence-corrected chi connectivity index (χ3v) is 6.01. The Morgan fingerprint density at radius 1 is 1.20 bits per heavy atom. The van der Waals surface area contributed by atoms with E-state index in [1.807, 2.05) is 0 Å². The number of benzene rings is 1. The number of aryl methyl sites for hydroxylation is 1. The molecule has 108 valence electrons. The van der Waals surface area contributed by atoms with E-state index in [0.717, 1.165) is 11.3 Å². The maximum absolute atomic E-state index is 12.1. The Morgan fingerprint density at radius 2 is 1.85 bits per heavy atom. The molecule has 2 aromatic rings. The fourth-order valence-electron chi connectivity index (χ4n) is 1.46. The Hall–Kier alpha value is -1.49. The summed E-state index contributed by atoms with van der Waals surface area (Å²) in [6, 6.07) is 5.51. The maximum atomic E-state index is 12.1. The standard InChI is InChI=1S/C10H11N3O4S3/c1-7-12-6-10(18-7)20(16,17)13-8-4-2-3-5-9(8)19(11,14)15/h2-6,13H,1H3,(H2,11,14,15). The zero-order chi connectivity index (χ0) is 15.0. The summed E-state index contributed by atoms with van der Waals surface area (Å²) in [4.78, 5) is 3.56. The first-order chi connectivity index (χ1) is 9.20. The summed E-state index contributed by atoms with van der Waals surface area (Å²) in [5, 5.41) is 5.63. The van der Waals surface area contributed by atoms with Gasteiger partial charge in [0.05, 0.1) is 16.9 Å². The molecule has 0 unspecified atom stereocenters. The molecule has 10 heteroatoms. The third kappa shape index (κ3) is 3.15. The van der Waals surface area contributed by atoms with Crippen LogP contribution in [-0.4, -0.2) is 21.8 Å². The highest BCUT2D eigenvalue weighted by atomic mass is 32.2. The molecule has 0 spiro atoms. The number of hydrogen-bond acceptors (Lipinski definition) is 6. The van der Waals surface area contributed by atoms with E-state index in [1.165, 1.54) is 30.5 Å². The summed E-state index contributed by atoms with van der Waals surface area (Å²) in [6.45, 7) is 1.67. The number of nitrogens with one attached hydrogen (secondary N) is 1. The van der Waals surface area contributed by atoms with Gasteiger partial charge in [0, 0.05) is 0 Å². The predicted molar refractivity (Wildman–Crippen MR) is 75.5 cm³/mol. The molecule has 1 aromatic carbocycles. The lowest BCUT2D eigenvalue weighted by Gasteiger charge is -2.09. The summed E-state index contributed by atoms with van der Waals surface area (Å²) in [5.74, 6) is 0. The Kier molecular flexibility index (Phi) is 3.82. The Bertz CT molecular complexity index is 840. The molecule has 0 saturated carbocycles. The van der Waals surface area contributed by atoms with Crippen LogP contribution in [0.1, 0.15) is 5.01 Å². The molecule has 0 amide bonds. The normalized spacial score (nSPS) is 12.3. The first-order valence-electron chi connectivity index (χ1n) is 5.27. The predicted octanol–water partition coefficient (Wildman–Crippen LogP) is 0.900. The molecule has 0 atom stereocenters. The van der Waals surface area contributed by atoms with E-state index in [4.69, 9.17) is 5.14 Å². The zero-order valence-corrected chi connectivity index (χ0v) is 12.7. The van der Waals surface area contributed by atoms with Crippen LogP contribution in [0.2, 0.25) is 0 Å². The Balaban J connectivity index is 2.46. The van der Waals surface area contributed by atoms with Crippen molar-refractivity contribution in [3.8, 4) is 0 Å². The lowest BCUT2D eigenvalue weighted by Crippen LogP contribution is -2.18. The fourth-order valence-corrected chi connectivity index (χ4v) is 4.41. The highest BCUT2D eigenvalue weighted by molar-refractivity contribution is 7.94. The lowest BCUT2D eigenvalue weighted by atomic mass is 10.3. The van der Waals surface area contributed by atoms with E-state index in [0.29, 0.717) is 5.01 Å². The molecular formula is C10H11N3O4S3. The highest BCUT2D eigenvalue weighted by Gasteiger charge is 2.21.